The summed E-state index contributed by atoms with van der Waals surface area (Å²) < 4.78 is 24.8. The average molecular weight is 234 g/mol. The quantitative estimate of drug-likeness (QED) is 0.722. The molecular formula is C9H18N2O3S. The highest BCUT2D eigenvalue weighted by molar-refractivity contribution is 7.90. The molecule has 0 unspecified atom stereocenters. The third-order valence-electron chi connectivity index (χ3n) is 2.67. The number of rotatable bonds is 4. The predicted octanol–water partition coefficient (Wildman–Crippen LogP) is 0.114. The van der Waals surface area contributed by atoms with Gasteiger partial charge in [-0.1, -0.05) is 19.8 Å². The molecule has 1 rings (SSSR count). The Balaban J connectivity index is 2.63. The zero-order valence-corrected chi connectivity index (χ0v) is 9.77. The number of amides is 1. The fraction of sp³-hybridized carbons (Fsp3) is 0.889. The highest BCUT2D eigenvalue weighted by Gasteiger charge is 2.38. The lowest BCUT2D eigenvalue weighted by Crippen LogP contribution is -2.53. The van der Waals surface area contributed by atoms with E-state index in [1.165, 1.54) is 0 Å². The molecule has 0 atom stereocenters. The molecule has 88 valence electrons. The summed E-state index contributed by atoms with van der Waals surface area (Å²) in [5, 5.41) is 0. The molecule has 5 nitrogen and oxygen atoms in total. The molecule has 3 N–H and O–H groups in total. The van der Waals surface area contributed by atoms with Crippen molar-refractivity contribution in [2.24, 2.45) is 5.73 Å². The van der Waals surface area contributed by atoms with Gasteiger partial charge in [-0.05, 0) is 19.3 Å². The third-order valence-corrected chi connectivity index (χ3v) is 4.11. The van der Waals surface area contributed by atoms with Crippen LogP contribution in [0.4, 0.5) is 0 Å². The van der Waals surface area contributed by atoms with Crippen molar-refractivity contribution in [3.8, 4) is 0 Å². The van der Waals surface area contributed by atoms with Crippen molar-refractivity contribution in [2.45, 2.75) is 44.6 Å². The molecule has 6 heteroatoms. The van der Waals surface area contributed by atoms with E-state index in [0.29, 0.717) is 19.3 Å². The Kier molecular flexibility index (Phi) is 3.72. The molecule has 15 heavy (non-hydrogen) atoms. The van der Waals surface area contributed by atoms with Gasteiger partial charge in [-0.15, -0.1) is 0 Å². The first kappa shape index (κ1) is 12.4. The molecule has 1 aliphatic carbocycles. The predicted molar refractivity (Wildman–Crippen MR) is 57.6 cm³/mol. The van der Waals surface area contributed by atoms with Gasteiger partial charge in [0.15, 0.2) is 0 Å². The summed E-state index contributed by atoms with van der Waals surface area (Å²) in [4.78, 5) is 11.6. The van der Waals surface area contributed by atoms with Crippen LogP contribution in [0.5, 0.6) is 0 Å². The second kappa shape index (κ2) is 4.49. The van der Waals surface area contributed by atoms with E-state index in [0.717, 1.165) is 12.8 Å². The van der Waals surface area contributed by atoms with Crippen LogP contribution in [0, 0.1) is 0 Å². The lowest BCUT2D eigenvalue weighted by molar-refractivity contribution is -0.124. The van der Waals surface area contributed by atoms with Gasteiger partial charge in [0.2, 0.25) is 10.0 Å². The molecule has 0 heterocycles. The van der Waals surface area contributed by atoms with Gasteiger partial charge >= 0.3 is 0 Å². The van der Waals surface area contributed by atoms with E-state index in [4.69, 9.17) is 5.73 Å². The van der Waals surface area contributed by atoms with Crippen molar-refractivity contribution in [3.05, 3.63) is 0 Å². The first-order chi connectivity index (χ1) is 6.90. The number of carbonyl (C=O) groups excluding carboxylic acids is 1. The number of hydrogen-bond acceptors (Lipinski definition) is 4. The van der Waals surface area contributed by atoms with Crippen LogP contribution in [-0.2, 0) is 14.8 Å². The second-order valence-electron chi connectivity index (χ2n) is 4.11. The zero-order valence-electron chi connectivity index (χ0n) is 8.95. The maximum atomic E-state index is 11.6. The van der Waals surface area contributed by atoms with Crippen LogP contribution in [0.2, 0.25) is 0 Å². The largest absolute Gasteiger partial charge is 0.317 e. The molecular weight excluding hydrogens is 216 g/mol. The van der Waals surface area contributed by atoms with Crippen molar-refractivity contribution < 1.29 is 13.2 Å². The first-order valence-corrected chi connectivity index (χ1v) is 6.89. The number of sulfonamides is 1. The molecule has 0 bridgehead atoms. The molecule has 1 aliphatic rings. The van der Waals surface area contributed by atoms with E-state index < -0.39 is 21.5 Å². The summed E-state index contributed by atoms with van der Waals surface area (Å²) in [7, 11) is -3.49. The Bertz CT molecular complexity index is 331. The smallest absolute Gasteiger partial charge is 0.253 e. The molecule has 1 fully saturated rings. The molecule has 0 radical (unpaired) electrons. The number of hydrogen-bond donors (Lipinski definition) is 2. The molecule has 0 spiro atoms. The van der Waals surface area contributed by atoms with E-state index in [-0.39, 0.29) is 5.75 Å². The summed E-state index contributed by atoms with van der Waals surface area (Å²) in [6, 6.07) is 0. The molecule has 0 aromatic rings. The van der Waals surface area contributed by atoms with Crippen molar-refractivity contribution >= 4 is 15.9 Å². The summed E-state index contributed by atoms with van der Waals surface area (Å²) in [5.41, 5.74) is 4.86. The van der Waals surface area contributed by atoms with Gasteiger partial charge in [0.05, 0.1) is 11.3 Å². The van der Waals surface area contributed by atoms with Crippen LogP contribution < -0.4 is 10.5 Å². The van der Waals surface area contributed by atoms with E-state index >= 15 is 0 Å². The summed E-state index contributed by atoms with van der Waals surface area (Å²) >= 11 is 0. The summed E-state index contributed by atoms with van der Waals surface area (Å²) in [6.45, 7) is 1.75. The molecule has 0 aliphatic heterocycles. The van der Waals surface area contributed by atoms with Crippen LogP contribution in [0.3, 0.4) is 0 Å². The van der Waals surface area contributed by atoms with E-state index in [2.05, 4.69) is 0 Å². The van der Waals surface area contributed by atoms with Crippen molar-refractivity contribution in [1.29, 1.82) is 0 Å². The van der Waals surface area contributed by atoms with Gasteiger partial charge in [-0.25, -0.2) is 8.42 Å². The lowest BCUT2D eigenvalue weighted by Gasteiger charge is -2.21. The standard InChI is InChI=1S/C9H18N2O3S/c1-2-7-15(13,14)11-8(12)9(10)5-3-4-6-9/h2-7,10H2,1H3,(H,11,12). The molecule has 0 saturated heterocycles. The highest BCUT2D eigenvalue weighted by Crippen LogP contribution is 2.27. The van der Waals surface area contributed by atoms with E-state index in [9.17, 15) is 13.2 Å². The third kappa shape index (κ3) is 3.17. The molecule has 0 aromatic carbocycles. The normalized spacial score (nSPS) is 20.1. The molecule has 1 saturated carbocycles. The summed E-state index contributed by atoms with van der Waals surface area (Å²) in [5.74, 6) is -0.581. The first-order valence-electron chi connectivity index (χ1n) is 5.23. The minimum atomic E-state index is -3.49. The zero-order chi connectivity index (χ0) is 11.5. The van der Waals surface area contributed by atoms with Crippen molar-refractivity contribution in [2.75, 3.05) is 5.75 Å². The molecule has 1 amide bonds. The van der Waals surface area contributed by atoms with Crippen molar-refractivity contribution in [3.63, 3.8) is 0 Å². The van der Waals surface area contributed by atoms with Gasteiger partial charge in [-0.3, -0.25) is 9.52 Å². The van der Waals surface area contributed by atoms with Gasteiger partial charge in [-0.2, -0.15) is 0 Å². The Morgan fingerprint density at radius 2 is 1.93 bits per heavy atom. The number of nitrogens with two attached hydrogens (primary N) is 1. The minimum absolute atomic E-state index is 0.0329. The summed E-state index contributed by atoms with van der Waals surface area (Å²) in [6.07, 6.45) is 3.40. The minimum Gasteiger partial charge on any atom is -0.317 e. The van der Waals surface area contributed by atoms with Crippen LogP contribution in [-0.4, -0.2) is 25.6 Å². The number of nitrogens with one attached hydrogen (secondary N) is 1. The monoisotopic (exact) mass is 234 g/mol. The fourth-order valence-corrected chi connectivity index (χ4v) is 2.92. The average Bonchev–Trinajstić information content (AvgIpc) is 2.52. The Hall–Kier alpha value is -0.620. The van der Waals surface area contributed by atoms with Crippen LogP contribution in [0.25, 0.3) is 0 Å². The van der Waals surface area contributed by atoms with E-state index in [1.807, 2.05) is 4.72 Å². The highest BCUT2D eigenvalue weighted by atomic mass is 32.2. The second-order valence-corrected chi connectivity index (χ2v) is 5.96. The van der Waals surface area contributed by atoms with Gasteiger partial charge in [0.25, 0.3) is 5.91 Å². The Morgan fingerprint density at radius 1 is 1.40 bits per heavy atom. The fourth-order valence-electron chi connectivity index (χ4n) is 1.80. The van der Waals surface area contributed by atoms with Crippen molar-refractivity contribution in [1.82, 2.24) is 4.72 Å². The van der Waals surface area contributed by atoms with E-state index in [1.54, 1.807) is 6.92 Å². The SMILES string of the molecule is CCCS(=O)(=O)NC(=O)C1(N)CCCC1. The topological polar surface area (TPSA) is 89.3 Å². The number of carbonyl (C=O) groups is 1. The van der Waals surface area contributed by atoms with Gasteiger partial charge in [0, 0.05) is 0 Å². The van der Waals surface area contributed by atoms with Crippen LogP contribution in [0.15, 0.2) is 0 Å². The maximum absolute atomic E-state index is 11.6. The maximum Gasteiger partial charge on any atom is 0.253 e. The molecule has 0 aromatic heterocycles. The Morgan fingerprint density at radius 3 is 2.40 bits per heavy atom. The Labute approximate surface area is 90.5 Å². The van der Waals surface area contributed by atoms with Gasteiger partial charge < -0.3 is 5.73 Å². The van der Waals surface area contributed by atoms with Crippen LogP contribution >= 0.6 is 0 Å². The van der Waals surface area contributed by atoms with Gasteiger partial charge in [0.1, 0.15) is 0 Å². The van der Waals surface area contributed by atoms with Crippen LogP contribution in [0.1, 0.15) is 39.0 Å². The lowest BCUT2D eigenvalue weighted by atomic mass is 9.99.